The molecule has 0 aliphatic heterocycles. The van der Waals surface area contributed by atoms with Crippen molar-refractivity contribution in [2.75, 3.05) is 0 Å². The molecule has 11 rings (SSSR count). The molecule has 3 aliphatic carbocycles. The van der Waals surface area contributed by atoms with Crippen molar-refractivity contribution in [3.8, 4) is 44.8 Å². The summed E-state index contributed by atoms with van der Waals surface area (Å²) in [5.41, 5.74) is 16.5. The van der Waals surface area contributed by atoms with E-state index in [2.05, 4.69) is 186 Å². The van der Waals surface area contributed by atoms with Crippen LogP contribution in [0.2, 0.25) is 19.6 Å². The Morgan fingerprint density at radius 3 is 1.77 bits per heavy atom. The summed E-state index contributed by atoms with van der Waals surface area (Å²) in [5.74, 6) is 2.39. The van der Waals surface area contributed by atoms with Crippen LogP contribution in [0, 0.1) is 39.8 Å². The van der Waals surface area contributed by atoms with E-state index in [0.717, 1.165) is 34.6 Å². The van der Waals surface area contributed by atoms with Crippen molar-refractivity contribution in [1.29, 1.82) is 0 Å². The maximum atomic E-state index is 4.47. The van der Waals surface area contributed by atoms with Crippen LogP contribution in [0.15, 0.2) is 134 Å². The average molecular weight is 1150 g/mol. The van der Waals surface area contributed by atoms with E-state index in [0.29, 0.717) is 0 Å². The fourth-order valence-electron chi connectivity index (χ4n) is 12.2. The topological polar surface area (TPSA) is 7.76 Å². The first-order valence-electron chi connectivity index (χ1n) is 26.7. The first-order chi connectivity index (χ1) is 33.9. The first kappa shape index (κ1) is 50.9. The van der Waals surface area contributed by atoms with E-state index in [1.54, 1.807) is 10.8 Å². The van der Waals surface area contributed by atoms with Crippen molar-refractivity contribution in [2.24, 2.45) is 11.8 Å². The Hall–Kier alpha value is -5.03. The van der Waals surface area contributed by atoms with Gasteiger partial charge in [0.15, 0.2) is 0 Å². The Morgan fingerprint density at radius 1 is 0.521 bits per heavy atom. The molecule has 0 bridgehead atoms. The first-order valence-corrected chi connectivity index (χ1v) is 31.0. The maximum absolute atomic E-state index is 4.47. The van der Waals surface area contributed by atoms with Crippen molar-refractivity contribution >= 4 is 44.8 Å². The second kappa shape index (κ2) is 22.4. The van der Waals surface area contributed by atoms with Crippen LogP contribution in [0.1, 0.15) is 124 Å². The zero-order chi connectivity index (χ0) is 48.4. The van der Waals surface area contributed by atoms with Crippen molar-refractivity contribution in [2.45, 2.75) is 128 Å². The predicted octanol–water partition coefficient (Wildman–Crippen LogP) is 17.1. The van der Waals surface area contributed by atoms with Gasteiger partial charge in [-0.2, -0.15) is 31.0 Å². The number of thiophene rings is 1. The van der Waals surface area contributed by atoms with Gasteiger partial charge in [0, 0.05) is 38.9 Å². The van der Waals surface area contributed by atoms with Gasteiger partial charge >= 0.3 is 0 Å². The van der Waals surface area contributed by atoms with Crippen LogP contribution >= 0.6 is 11.3 Å². The molecule has 0 atom stereocenters. The molecule has 5 heteroatoms. The zero-order valence-corrected chi connectivity index (χ0v) is 46.9. The van der Waals surface area contributed by atoms with Gasteiger partial charge in [-0.1, -0.05) is 198 Å². The number of aromatic nitrogens is 2. The van der Waals surface area contributed by atoms with Gasteiger partial charge in [-0.3, -0.25) is 0 Å². The molecule has 8 aromatic rings. The minimum Gasteiger partial charge on any atom is -0.343 e. The van der Waals surface area contributed by atoms with Crippen LogP contribution in [0.5, 0.6) is 0 Å². The number of fused-ring (bicyclic) bond motifs is 3. The molecular formula is C66H74IrN2SSi-2. The third kappa shape index (κ3) is 11.6. The summed E-state index contributed by atoms with van der Waals surface area (Å²) < 4.78 is 6.74. The van der Waals surface area contributed by atoms with Gasteiger partial charge in [0.25, 0.3) is 0 Å². The van der Waals surface area contributed by atoms with Gasteiger partial charge in [0.1, 0.15) is 0 Å². The Kier molecular flexibility index (Phi) is 16.0. The van der Waals surface area contributed by atoms with E-state index in [1.807, 2.05) is 15.9 Å². The molecule has 3 fully saturated rings. The molecule has 3 aliphatic rings. The Balaban J connectivity index is 0.000000181. The van der Waals surface area contributed by atoms with E-state index in [-0.39, 0.29) is 20.1 Å². The van der Waals surface area contributed by atoms with E-state index >= 15 is 0 Å². The molecule has 3 aromatic heterocycles. The number of benzene rings is 5. The molecule has 0 spiro atoms. The molecule has 0 amide bonds. The Labute approximate surface area is 445 Å². The maximum Gasteiger partial charge on any atom is 0.0709 e. The van der Waals surface area contributed by atoms with Crippen molar-refractivity contribution in [1.82, 2.24) is 0 Å². The second-order valence-corrected chi connectivity index (χ2v) is 28.4. The quantitative estimate of drug-likeness (QED) is 0.0732. The zero-order valence-electron chi connectivity index (χ0n) is 42.7. The summed E-state index contributed by atoms with van der Waals surface area (Å²) >= 11 is 1.86. The van der Waals surface area contributed by atoms with E-state index in [4.69, 9.17) is 0 Å². The molecule has 3 saturated carbocycles. The minimum atomic E-state index is -1.44. The van der Waals surface area contributed by atoms with Gasteiger partial charge in [-0.25, -0.2) is 0 Å². The summed E-state index contributed by atoms with van der Waals surface area (Å²) in [6, 6.07) is 45.0. The largest absolute Gasteiger partial charge is 0.343 e. The molecule has 369 valence electrons. The Bertz CT molecular complexity index is 3090. The molecule has 0 saturated heterocycles. The SMILES string of the molecule is [CH2-]c1cc2sc3cc(-c4ccc(-c5ccccc5)cc4)ccc3c2cc1-c1cc(CC2CCCCC2)cc[n+]1[CH2-].[CH2-]c1ccc(C2CCCC2)cc1-c1cc(CC2CCCCC2)c([Si](C)(C)C)c[n+]1[CH2-].[Ir]. The normalized spacial score (nSPS) is 15.9. The van der Waals surface area contributed by atoms with Crippen molar-refractivity contribution < 1.29 is 29.2 Å². The number of rotatable bonds is 10. The molecular weight excluding hydrogens is 1070 g/mol. The minimum absolute atomic E-state index is 0. The van der Waals surface area contributed by atoms with Crippen LogP contribution in [0.25, 0.3) is 64.9 Å². The molecule has 1 radical (unpaired) electrons. The monoisotopic (exact) mass is 1150 g/mol. The third-order valence-corrected chi connectivity index (χ3v) is 19.4. The van der Waals surface area contributed by atoms with Crippen LogP contribution in [-0.2, 0) is 32.9 Å². The number of nitrogens with zero attached hydrogens (tertiary/aromatic N) is 2. The van der Waals surface area contributed by atoms with Crippen LogP contribution in [-0.4, -0.2) is 8.07 Å². The van der Waals surface area contributed by atoms with Gasteiger partial charge in [0.05, 0.1) is 31.9 Å². The standard InChI is InChI=1S/C38H34NS.C28H40NSi.Ir/c1-26-21-37-35(25-34(26)36-23-28(19-20-39(36)2)22-27-9-5-3-6-10-27)33-18-17-32(24-38(33)40-37)31-15-13-30(14-16-31)29-11-7-4-8-12-29;1-21-15-16-24(23-13-9-10-14-23)18-26(21)27-19-25(17-22-11-7-6-8-12-22)28(20-29(27)2)30(3,4)5;/h4,7-8,11-21,23-25,27H,1-3,5-6,9-10,22H2;15-16,18-20,22-23H,1-2,6-14,17H2,3-5H3;/q2*-1;. The summed E-state index contributed by atoms with van der Waals surface area (Å²) in [6.07, 6.45) is 26.2. The second-order valence-electron chi connectivity index (χ2n) is 22.3. The third-order valence-electron chi connectivity index (χ3n) is 16.2. The van der Waals surface area contributed by atoms with Gasteiger partial charge in [-0.15, -0.1) is 46.7 Å². The van der Waals surface area contributed by atoms with E-state index in [9.17, 15) is 0 Å². The number of hydrogen-bond acceptors (Lipinski definition) is 1. The molecule has 3 heterocycles. The summed E-state index contributed by atoms with van der Waals surface area (Å²) in [4.78, 5) is 0. The van der Waals surface area contributed by atoms with Crippen LogP contribution in [0.4, 0.5) is 0 Å². The van der Waals surface area contributed by atoms with Gasteiger partial charge in [0.2, 0.25) is 0 Å². The number of hydrogen-bond donors (Lipinski definition) is 0. The molecule has 5 aromatic carbocycles. The average Bonchev–Trinajstić information content (AvgIpc) is 4.04. The van der Waals surface area contributed by atoms with Crippen molar-refractivity contribution in [3.05, 3.63) is 189 Å². The van der Waals surface area contributed by atoms with E-state index in [1.165, 1.54) is 173 Å². The number of pyridine rings is 2. The van der Waals surface area contributed by atoms with Gasteiger partial charge in [-0.05, 0) is 92.4 Å². The molecule has 71 heavy (non-hydrogen) atoms. The Morgan fingerprint density at radius 2 is 1.10 bits per heavy atom. The van der Waals surface area contributed by atoms with Crippen LogP contribution in [0.3, 0.4) is 0 Å². The fourth-order valence-corrected chi connectivity index (χ4v) is 15.1. The summed E-state index contributed by atoms with van der Waals surface area (Å²) in [7, 11) is 7.32. The summed E-state index contributed by atoms with van der Waals surface area (Å²) in [6.45, 7) is 16.3. The molecule has 0 N–H and O–H groups in total. The van der Waals surface area contributed by atoms with Gasteiger partial charge < -0.3 is 9.13 Å². The van der Waals surface area contributed by atoms with Crippen LogP contribution < -0.4 is 14.3 Å². The molecule has 0 unspecified atom stereocenters. The summed E-state index contributed by atoms with van der Waals surface area (Å²) in [5, 5.41) is 4.19. The fraction of sp³-hybridized carbons (Fsp3) is 0.333. The molecule has 2 nitrogen and oxygen atoms in total. The predicted molar refractivity (Wildman–Crippen MR) is 303 cm³/mol. The smallest absolute Gasteiger partial charge is 0.0709 e. The van der Waals surface area contributed by atoms with Crippen molar-refractivity contribution in [3.63, 3.8) is 0 Å². The van der Waals surface area contributed by atoms with E-state index < -0.39 is 8.07 Å².